The van der Waals surface area contributed by atoms with Crippen LogP contribution in [0.5, 0.6) is 17.2 Å². The summed E-state index contributed by atoms with van der Waals surface area (Å²) in [4.78, 5) is 11.9. The summed E-state index contributed by atoms with van der Waals surface area (Å²) in [5.41, 5.74) is 1.56. The molecule has 0 aromatic heterocycles. The fourth-order valence-electron chi connectivity index (χ4n) is 2.38. The maximum Gasteiger partial charge on any atom is 0.387 e. The molecule has 0 fully saturated rings. The number of amides is 1. The first-order chi connectivity index (χ1) is 12.9. The molecular formula is C19H20ClF2NO4. The zero-order valence-corrected chi connectivity index (χ0v) is 15.7. The lowest BCUT2D eigenvalue weighted by Gasteiger charge is -2.12. The van der Waals surface area contributed by atoms with Crippen LogP contribution in [0.15, 0.2) is 36.4 Å². The molecule has 0 unspecified atom stereocenters. The molecule has 1 amide bonds. The zero-order valence-electron chi connectivity index (χ0n) is 14.9. The summed E-state index contributed by atoms with van der Waals surface area (Å²) in [6.45, 7) is -0.920. The Morgan fingerprint density at radius 2 is 1.89 bits per heavy atom. The zero-order chi connectivity index (χ0) is 19.8. The number of carbonyl (C=O) groups is 1. The molecule has 0 heterocycles. The predicted molar refractivity (Wildman–Crippen MR) is 98.0 cm³/mol. The molecular weight excluding hydrogens is 380 g/mol. The van der Waals surface area contributed by atoms with E-state index in [0.717, 1.165) is 11.1 Å². The third-order valence-corrected chi connectivity index (χ3v) is 3.91. The second-order valence-electron chi connectivity index (χ2n) is 5.66. The largest absolute Gasteiger partial charge is 0.493 e. The van der Waals surface area contributed by atoms with Gasteiger partial charge in [0, 0.05) is 11.6 Å². The van der Waals surface area contributed by atoms with E-state index in [9.17, 15) is 13.6 Å². The highest BCUT2D eigenvalue weighted by Crippen LogP contribution is 2.29. The van der Waals surface area contributed by atoms with Crippen molar-refractivity contribution in [2.75, 3.05) is 20.3 Å². The molecule has 2 aromatic carbocycles. The van der Waals surface area contributed by atoms with Gasteiger partial charge in [-0.2, -0.15) is 8.78 Å². The number of ether oxygens (including phenoxy) is 3. The first-order valence-electron chi connectivity index (χ1n) is 8.16. The molecule has 2 rings (SSSR count). The Morgan fingerprint density at radius 1 is 1.15 bits per heavy atom. The second-order valence-corrected chi connectivity index (χ2v) is 6.10. The third-order valence-electron chi connectivity index (χ3n) is 3.68. The van der Waals surface area contributed by atoms with Crippen molar-refractivity contribution in [1.29, 1.82) is 0 Å². The highest BCUT2D eigenvalue weighted by molar-refractivity contribution is 6.30. The first-order valence-corrected chi connectivity index (χ1v) is 8.54. The fourth-order valence-corrected chi connectivity index (χ4v) is 2.61. The highest BCUT2D eigenvalue weighted by atomic mass is 35.5. The minimum Gasteiger partial charge on any atom is -0.493 e. The van der Waals surface area contributed by atoms with Gasteiger partial charge in [-0.1, -0.05) is 17.7 Å². The van der Waals surface area contributed by atoms with Crippen LogP contribution >= 0.6 is 11.6 Å². The van der Waals surface area contributed by atoms with Crippen LogP contribution in [-0.2, 0) is 11.2 Å². The van der Waals surface area contributed by atoms with Crippen LogP contribution in [0, 0.1) is 6.92 Å². The van der Waals surface area contributed by atoms with Crippen molar-refractivity contribution >= 4 is 17.5 Å². The van der Waals surface area contributed by atoms with Gasteiger partial charge in [-0.25, -0.2) is 0 Å². The van der Waals surface area contributed by atoms with Crippen molar-refractivity contribution in [1.82, 2.24) is 5.32 Å². The standard InChI is InChI=1S/C19H20ClF2NO4/c1-12-9-14(20)4-6-15(12)26-11-18(24)23-8-7-13-3-5-16(25-2)17(10-13)27-19(21)22/h3-6,9-10,19H,7-8,11H2,1-2H3,(H,23,24). The van der Waals surface area contributed by atoms with Crippen LogP contribution < -0.4 is 19.5 Å². The molecule has 2 aromatic rings. The summed E-state index contributed by atoms with van der Waals surface area (Å²) in [6, 6.07) is 9.86. The molecule has 0 atom stereocenters. The van der Waals surface area contributed by atoms with Gasteiger partial charge in [-0.15, -0.1) is 0 Å². The second kappa shape index (κ2) is 9.97. The number of hydrogen-bond donors (Lipinski definition) is 1. The molecule has 1 N–H and O–H groups in total. The smallest absolute Gasteiger partial charge is 0.387 e. The Balaban J connectivity index is 1.82. The van der Waals surface area contributed by atoms with Crippen molar-refractivity contribution in [3.8, 4) is 17.2 Å². The van der Waals surface area contributed by atoms with E-state index in [-0.39, 0.29) is 24.0 Å². The SMILES string of the molecule is COc1ccc(CCNC(=O)COc2ccc(Cl)cc2C)cc1OC(F)F. The maximum absolute atomic E-state index is 12.4. The van der Waals surface area contributed by atoms with Gasteiger partial charge in [0.1, 0.15) is 5.75 Å². The van der Waals surface area contributed by atoms with Gasteiger partial charge in [0.05, 0.1) is 7.11 Å². The quantitative estimate of drug-likeness (QED) is 0.692. The number of alkyl halides is 2. The summed E-state index contributed by atoms with van der Waals surface area (Å²) >= 11 is 5.87. The Labute approximate surface area is 161 Å². The number of methoxy groups -OCH3 is 1. The summed E-state index contributed by atoms with van der Waals surface area (Å²) < 4.78 is 39.8. The van der Waals surface area contributed by atoms with Crippen LogP contribution in [0.25, 0.3) is 0 Å². The van der Waals surface area contributed by atoms with E-state index in [1.165, 1.54) is 13.2 Å². The van der Waals surface area contributed by atoms with E-state index in [0.29, 0.717) is 23.7 Å². The molecule has 0 aliphatic rings. The molecule has 0 saturated heterocycles. The van der Waals surface area contributed by atoms with E-state index in [1.807, 2.05) is 6.92 Å². The van der Waals surface area contributed by atoms with Crippen LogP contribution in [0.4, 0.5) is 8.78 Å². The Morgan fingerprint density at radius 3 is 2.56 bits per heavy atom. The van der Waals surface area contributed by atoms with Crippen molar-refractivity contribution in [3.05, 3.63) is 52.5 Å². The van der Waals surface area contributed by atoms with Gasteiger partial charge in [0.2, 0.25) is 0 Å². The van der Waals surface area contributed by atoms with E-state index in [4.69, 9.17) is 21.1 Å². The van der Waals surface area contributed by atoms with Crippen LogP contribution in [-0.4, -0.2) is 32.8 Å². The van der Waals surface area contributed by atoms with Crippen LogP contribution in [0.3, 0.4) is 0 Å². The number of aryl methyl sites for hydroxylation is 1. The lowest BCUT2D eigenvalue weighted by molar-refractivity contribution is -0.123. The number of nitrogens with one attached hydrogen (secondary N) is 1. The van der Waals surface area contributed by atoms with Crippen LogP contribution in [0.1, 0.15) is 11.1 Å². The predicted octanol–water partition coefficient (Wildman–Crippen LogP) is 4.00. The molecule has 27 heavy (non-hydrogen) atoms. The van der Waals surface area contributed by atoms with E-state index in [2.05, 4.69) is 10.1 Å². The minimum absolute atomic E-state index is 0.0436. The van der Waals surface area contributed by atoms with E-state index < -0.39 is 6.61 Å². The molecule has 0 aliphatic carbocycles. The number of hydrogen-bond acceptors (Lipinski definition) is 4. The van der Waals surface area contributed by atoms with Gasteiger partial charge >= 0.3 is 6.61 Å². The number of benzene rings is 2. The summed E-state index contributed by atoms with van der Waals surface area (Å²) in [7, 11) is 1.37. The summed E-state index contributed by atoms with van der Waals surface area (Å²) in [5.74, 6) is 0.466. The van der Waals surface area contributed by atoms with Gasteiger partial charge in [0.25, 0.3) is 5.91 Å². The van der Waals surface area contributed by atoms with Crippen molar-refractivity contribution in [3.63, 3.8) is 0 Å². The maximum atomic E-state index is 12.4. The third kappa shape index (κ3) is 6.60. The molecule has 0 radical (unpaired) electrons. The summed E-state index contributed by atoms with van der Waals surface area (Å²) in [5, 5.41) is 3.31. The van der Waals surface area contributed by atoms with Gasteiger partial charge in [-0.3, -0.25) is 4.79 Å². The Hall–Kier alpha value is -2.54. The number of carbonyl (C=O) groups excluding carboxylic acids is 1. The fraction of sp³-hybridized carbons (Fsp3) is 0.316. The number of rotatable bonds is 9. The lowest BCUT2D eigenvalue weighted by Crippen LogP contribution is -2.30. The van der Waals surface area contributed by atoms with E-state index >= 15 is 0 Å². The topological polar surface area (TPSA) is 56.8 Å². The van der Waals surface area contributed by atoms with Crippen LogP contribution in [0.2, 0.25) is 5.02 Å². The molecule has 146 valence electrons. The molecule has 0 spiro atoms. The van der Waals surface area contributed by atoms with Gasteiger partial charge < -0.3 is 19.5 Å². The monoisotopic (exact) mass is 399 g/mol. The normalized spacial score (nSPS) is 10.6. The molecule has 8 heteroatoms. The van der Waals surface area contributed by atoms with Crippen molar-refractivity contribution < 1.29 is 27.8 Å². The van der Waals surface area contributed by atoms with Gasteiger partial charge in [-0.05, 0) is 54.8 Å². The molecule has 0 saturated carbocycles. The molecule has 0 bridgehead atoms. The van der Waals surface area contributed by atoms with Crippen molar-refractivity contribution in [2.24, 2.45) is 0 Å². The first kappa shape index (κ1) is 20.8. The minimum atomic E-state index is -2.94. The van der Waals surface area contributed by atoms with E-state index in [1.54, 1.807) is 30.3 Å². The van der Waals surface area contributed by atoms with Crippen molar-refractivity contribution in [2.45, 2.75) is 20.0 Å². The molecule has 0 aliphatic heterocycles. The Bertz CT molecular complexity index is 786. The highest BCUT2D eigenvalue weighted by Gasteiger charge is 2.11. The average Bonchev–Trinajstić information content (AvgIpc) is 2.61. The lowest BCUT2D eigenvalue weighted by atomic mass is 10.1. The summed E-state index contributed by atoms with van der Waals surface area (Å²) in [6.07, 6.45) is 0.440. The number of halogens is 3. The Kier molecular flexibility index (Phi) is 7.67. The van der Waals surface area contributed by atoms with Gasteiger partial charge in [0.15, 0.2) is 18.1 Å². The average molecular weight is 400 g/mol. The molecule has 5 nitrogen and oxygen atoms in total.